The van der Waals surface area contributed by atoms with E-state index in [4.69, 9.17) is 0 Å². The molecule has 1 aromatic rings. The molecule has 0 aromatic heterocycles. The maximum absolute atomic E-state index is 11.3. The van der Waals surface area contributed by atoms with Crippen molar-refractivity contribution in [3.8, 4) is 0 Å². The summed E-state index contributed by atoms with van der Waals surface area (Å²) in [6.45, 7) is 2.78. The molecular formula is C10H14BrNO. The topological polar surface area (TPSA) is 29.1 Å². The second-order valence-corrected chi connectivity index (χ2v) is 2.62. The highest BCUT2D eigenvalue weighted by Crippen LogP contribution is 1.97. The average Bonchev–Trinajstić information content (AvgIpc) is 2.15. The molecule has 0 saturated carbocycles. The van der Waals surface area contributed by atoms with Crippen molar-refractivity contribution in [1.29, 1.82) is 0 Å². The van der Waals surface area contributed by atoms with Crippen molar-refractivity contribution >= 4 is 22.9 Å². The van der Waals surface area contributed by atoms with E-state index in [1.54, 1.807) is 0 Å². The van der Waals surface area contributed by atoms with Gasteiger partial charge in [0.15, 0.2) is 0 Å². The van der Waals surface area contributed by atoms with Gasteiger partial charge in [-0.25, -0.2) is 0 Å². The van der Waals surface area contributed by atoms with Crippen molar-refractivity contribution in [3.63, 3.8) is 0 Å². The van der Waals surface area contributed by atoms with Gasteiger partial charge in [-0.1, -0.05) is 25.1 Å². The van der Waals surface area contributed by atoms with Crippen LogP contribution in [0.1, 0.15) is 23.7 Å². The molecule has 0 aliphatic rings. The lowest BCUT2D eigenvalue weighted by Crippen LogP contribution is -2.23. The minimum atomic E-state index is 0. The fourth-order valence-corrected chi connectivity index (χ4v) is 0.930. The molecule has 0 fully saturated rings. The molecule has 0 aliphatic carbocycles. The molecule has 0 saturated heterocycles. The van der Waals surface area contributed by atoms with Crippen molar-refractivity contribution in [3.05, 3.63) is 35.9 Å². The van der Waals surface area contributed by atoms with Gasteiger partial charge in [-0.05, 0) is 18.6 Å². The molecule has 1 amide bonds. The summed E-state index contributed by atoms with van der Waals surface area (Å²) < 4.78 is 0. The number of halogens is 1. The molecule has 0 radical (unpaired) electrons. The van der Waals surface area contributed by atoms with E-state index in [0.717, 1.165) is 18.5 Å². The molecule has 1 aromatic carbocycles. The van der Waals surface area contributed by atoms with Crippen LogP contribution in [-0.4, -0.2) is 12.5 Å². The zero-order valence-corrected chi connectivity index (χ0v) is 9.33. The first kappa shape index (κ1) is 12.2. The van der Waals surface area contributed by atoms with Crippen LogP contribution in [0.5, 0.6) is 0 Å². The third-order valence-electron chi connectivity index (χ3n) is 1.57. The number of rotatable bonds is 3. The number of nitrogens with one attached hydrogen (secondary N) is 1. The van der Waals surface area contributed by atoms with E-state index in [9.17, 15) is 4.79 Å². The predicted molar refractivity (Wildman–Crippen MR) is 59.4 cm³/mol. The summed E-state index contributed by atoms with van der Waals surface area (Å²) in [5, 5.41) is 2.81. The first-order valence-corrected chi connectivity index (χ1v) is 4.18. The van der Waals surface area contributed by atoms with Gasteiger partial charge in [0.1, 0.15) is 0 Å². The smallest absolute Gasteiger partial charge is 0.251 e. The van der Waals surface area contributed by atoms with Gasteiger partial charge in [-0.2, -0.15) is 0 Å². The summed E-state index contributed by atoms with van der Waals surface area (Å²) >= 11 is 0. The lowest BCUT2D eigenvalue weighted by atomic mass is 10.2. The number of carbonyl (C=O) groups excluding carboxylic acids is 1. The van der Waals surface area contributed by atoms with Crippen LogP contribution in [0.15, 0.2) is 30.3 Å². The molecule has 1 N–H and O–H groups in total. The number of amides is 1. The molecule has 3 heteroatoms. The molecule has 0 atom stereocenters. The van der Waals surface area contributed by atoms with Gasteiger partial charge in [-0.15, -0.1) is 17.0 Å². The summed E-state index contributed by atoms with van der Waals surface area (Å²) in [5.41, 5.74) is 0.728. The molecule has 0 unspecified atom stereocenters. The van der Waals surface area contributed by atoms with E-state index >= 15 is 0 Å². The van der Waals surface area contributed by atoms with Gasteiger partial charge in [0.05, 0.1) is 0 Å². The van der Waals surface area contributed by atoms with Crippen molar-refractivity contribution in [1.82, 2.24) is 5.32 Å². The number of hydrogen-bond acceptors (Lipinski definition) is 1. The molecule has 0 aliphatic heterocycles. The van der Waals surface area contributed by atoms with Gasteiger partial charge in [-0.3, -0.25) is 4.79 Å². The second-order valence-electron chi connectivity index (χ2n) is 2.62. The van der Waals surface area contributed by atoms with Crippen LogP contribution in [-0.2, 0) is 0 Å². The molecule has 13 heavy (non-hydrogen) atoms. The Balaban J connectivity index is 0.00000144. The predicted octanol–water partition coefficient (Wildman–Crippen LogP) is 2.40. The van der Waals surface area contributed by atoms with Crippen molar-refractivity contribution in [2.75, 3.05) is 6.54 Å². The van der Waals surface area contributed by atoms with E-state index in [2.05, 4.69) is 5.32 Å². The lowest BCUT2D eigenvalue weighted by Gasteiger charge is -2.01. The summed E-state index contributed by atoms with van der Waals surface area (Å²) in [6, 6.07) is 9.24. The average molecular weight is 244 g/mol. The van der Waals surface area contributed by atoms with Gasteiger partial charge < -0.3 is 5.32 Å². The fraction of sp³-hybridized carbons (Fsp3) is 0.300. The zero-order chi connectivity index (χ0) is 8.81. The van der Waals surface area contributed by atoms with Crippen LogP contribution in [0, 0.1) is 0 Å². The minimum absolute atomic E-state index is 0. The second kappa shape index (κ2) is 6.66. The summed E-state index contributed by atoms with van der Waals surface area (Å²) in [5.74, 6) is 0.0115. The summed E-state index contributed by atoms with van der Waals surface area (Å²) in [4.78, 5) is 11.3. The Morgan fingerprint density at radius 1 is 1.31 bits per heavy atom. The highest BCUT2D eigenvalue weighted by atomic mass is 79.9. The van der Waals surface area contributed by atoms with Gasteiger partial charge >= 0.3 is 0 Å². The highest BCUT2D eigenvalue weighted by Gasteiger charge is 2.00. The Morgan fingerprint density at radius 3 is 2.46 bits per heavy atom. The van der Waals surface area contributed by atoms with Crippen molar-refractivity contribution < 1.29 is 4.79 Å². The van der Waals surface area contributed by atoms with E-state index in [-0.39, 0.29) is 22.9 Å². The molecule has 2 nitrogen and oxygen atoms in total. The fourth-order valence-electron chi connectivity index (χ4n) is 0.930. The lowest BCUT2D eigenvalue weighted by molar-refractivity contribution is 0.0953. The number of carbonyl (C=O) groups is 1. The molecule has 0 spiro atoms. The number of hydrogen-bond donors (Lipinski definition) is 1. The van der Waals surface area contributed by atoms with Crippen LogP contribution in [0.25, 0.3) is 0 Å². The Bertz CT molecular complexity index is 248. The van der Waals surface area contributed by atoms with E-state index in [1.165, 1.54) is 0 Å². The molecule has 72 valence electrons. The molecule has 1 rings (SSSR count). The Labute approximate surface area is 89.1 Å². The van der Waals surface area contributed by atoms with E-state index in [1.807, 2.05) is 37.3 Å². The van der Waals surface area contributed by atoms with Gasteiger partial charge in [0, 0.05) is 12.1 Å². The quantitative estimate of drug-likeness (QED) is 0.869. The minimum Gasteiger partial charge on any atom is -0.352 e. The summed E-state index contributed by atoms with van der Waals surface area (Å²) in [6.07, 6.45) is 0.971. The van der Waals surface area contributed by atoms with E-state index in [0.29, 0.717) is 0 Å². The molecular weight excluding hydrogens is 230 g/mol. The first-order chi connectivity index (χ1) is 5.84. The van der Waals surface area contributed by atoms with Crippen LogP contribution in [0.2, 0.25) is 0 Å². The molecule has 0 heterocycles. The van der Waals surface area contributed by atoms with Crippen LogP contribution in [0.3, 0.4) is 0 Å². The van der Waals surface area contributed by atoms with Crippen LogP contribution < -0.4 is 5.32 Å². The Morgan fingerprint density at radius 2 is 1.92 bits per heavy atom. The third kappa shape index (κ3) is 4.08. The Kier molecular flexibility index (Phi) is 6.24. The largest absolute Gasteiger partial charge is 0.352 e. The maximum atomic E-state index is 11.3. The first-order valence-electron chi connectivity index (χ1n) is 4.18. The number of benzene rings is 1. The standard InChI is InChI=1S/C10H13NO.BrH/c1-2-8-11-10(12)9-6-4-3-5-7-9;/h3-7H,2,8H2,1H3,(H,11,12);1H. The van der Waals surface area contributed by atoms with Crippen LogP contribution in [0.4, 0.5) is 0 Å². The van der Waals surface area contributed by atoms with Gasteiger partial charge in [0.2, 0.25) is 0 Å². The summed E-state index contributed by atoms with van der Waals surface area (Å²) in [7, 11) is 0. The SMILES string of the molecule is Br.CCCNC(=O)c1ccccc1. The van der Waals surface area contributed by atoms with Crippen molar-refractivity contribution in [2.24, 2.45) is 0 Å². The van der Waals surface area contributed by atoms with Gasteiger partial charge in [0.25, 0.3) is 5.91 Å². The highest BCUT2D eigenvalue weighted by molar-refractivity contribution is 8.93. The monoisotopic (exact) mass is 243 g/mol. The normalized spacial score (nSPS) is 8.69. The zero-order valence-electron chi connectivity index (χ0n) is 7.62. The van der Waals surface area contributed by atoms with Crippen LogP contribution >= 0.6 is 17.0 Å². The third-order valence-corrected chi connectivity index (χ3v) is 1.57. The maximum Gasteiger partial charge on any atom is 0.251 e. The Hall–Kier alpha value is -0.830. The van der Waals surface area contributed by atoms with E-state index < -0.39 is 0 Å². The molecule has 0 bridgehead atoms. The van der Waals surface area contributed by atoms with Crippen molar-refractivity contribution in [2.45, 2.75) is 13.3 Å².